The van der Waals surface area contributed by atoms with Gasteiger partial charge in [-0.3, -0.25) is 9.59 Å². The van der Waals surface area contributed by atoms with Gasteiger partial charge in [-0.25, -0.2) is 0 Å². The van der Waals surface area contributed by atoms with Crippen molar-refractivity contribution in [3.8, 4) is 5.75 Å². The number of fused-ring (bicyclic) bond motifs is 1. The van der Waals surface area contributed by atoms with Crippen molar-refractivity contribution in [3.63, 3.8) is 0 Å². The normalized spacial score (nSPS) is 20.0. The van der Waals surface area contributed by atoms with Crippen molar-refractivity contribution >= 4 is 22.6 Å². The molecule has 0 heterocycles. The molecule has 0 aliphatic heterocycles. The number of hydrogen-bond acceptors (Lipinski definition) is 4. The first-order valence-electron chi connectivity index (χ1n) is 10.2. The zero-order chi connectivity index (χ0) is 21.1. The summed E-state index contributed by atoms with van der Waals surface area (Å²) in [6.45, 7) is 2.51. The fourth-order valence-corrected chi connectivity index (χ4v) is 4.09. The number of amides is 1. The average Bonchev–Trinajstić information content (AvgIpc) is 3.49. The molecule has 30 heavy (non-hydrogen) atoms. The zero-order valence-corrected chi connectivity index (χ0v) is 17.0. The van der Waals surface area contributed by atoms with Crippen molar-refractivity contribution in [3.05, 3.63) is 77.9 Å². The Morgan fingerprint density at radius 3 is 2.47 bits per heavy atom. The van der Waals surface area contributed by atoms with E-state index in [1.807, 2.05) is 42.5 Å². The average molecular weight is 403 g/mol. The molecule has 5 heteroatoms. The van der Waals surface area contributed by atoms with Crippen molar-refractivity contribution in [1.29, 1.82) is 0 Å². The SMILES string of the molecule is CCOC(=O)[C@@]1(Cc2ccc(OCc3cccc4ccccc34)cc2)C[C@@H]1C(N)=O. The van der Waals surface area contributed by atoms with Crippen LogP contribution in [0.25, 0.3) is 10.8 Å². The fraction of sp³-hybridized carbons (Fsp3) is 0.280. The summed E-state index contributed by atoms with van der Waals surface area (Å²) >= 11 is 0. The van der Waals surface area contributed by atoms with Crippen LogP contribution in [0.1, 0.15) is 24.5 Å². The van der Waals surface area contributed by atoms with Gasteiger partial charge in [-0.05, 0) is 53.8 Å². The largest absolute Gasteiger partial charge is 0.489 e. The van der Waals surface area contributed by atoms with E-state index in [9.17, 15) is 9.59 Å². The van der Waals surface area contributed by atoms with Crippen LogP contribution in [0.4, 0.5) is 0 Å². The smallest absolute Gasteiger partial charge is 0.313 e. The molecule has 2 atom stereocenters. The van der Waals surface area contributed by atoms with Crippen LogP contribution >= 0.6 is 0 Å². The van der Waals surface area contributed by atoms with E-state index in [2.05, 4.69) is 24.3 Å². The summed E-state index contributed by atoms with van der Waals surface area (Å²) in [6.07, 6.45) is 0.879. The van der Waals surface area contributed by atoms with E-state index in [0.717, 1.165) is 16.9 Å². The zero-order valence-electron chi connectivity index (χ0n) is 17.0. The summed E-state index contributed by atoms with van der Waals surface area (Å²) in [5.41, 5.74) is 6.70. The number of carbonyl (C=O) groups is 2. The summed E-state index contributed by atoms with van der Waals surface area (Å²) in [4.78, 5) is 24.1. The number of carbonyl (C=O) groups excluding carboxylic acids is 2. The summed E-state index contributed by atoms with van der Waals surface area (Å²) < 4.78 is 11.2. The molecule has 0 unspecified atom stereocenters. The van der Waals surface area contributed by atoms with E-state index in [1.54, 1.807) is 6.92 Å². The Hall–Kier alpha value is -3.34. The molecule has 0 saturated heterocycles. The van der Waals surface area contributed by atoms with Crippen molar-refractivity contribution in [2.75, 3.05) is 6.61 Å². The molecule has 0 radical (unpaired) electrons. The highest BCUT2D eigenvalue weighted by Crippen LogP contribution is 2.55. The Bertz CT molecular complexity index is 1070. The van der Waals surface area contributed by atoms with Crippen LogP contribution < -0.4 is 10.5 Å². The molecule has 0 bridgehead atoms. The third-order valence-electron chi connectivity index (χ3n) is 5.82. The van der Waals surface area contributed by atoms with E-state index < -0.39 is 17.2 Å². The predicted molar refractivity (Wildman–Crippen MR) is 115 cm³/mol. The van der Waals surface area contributed by atoms with Crippen LogP contribution in [0.5, 0.6) is 5.75 Å². The number of nitrogens with two attached hydrogens (primary N) is 1. The molecule has 2 N–H and O–H groups in total. The van der Waals surface area contributed by atoms with Crippen molar-refractivity contribution < 1.29 is 19.1 Å². The lowest BCUT2D eigenvalue weighted by Gasteiger charge is -2.16. The molecule has 154 valence electrons. The molecule has 1 fully saturated rings. The van der Waals surface area contributed by atoms with E-state index in [4.69, 9.17) is 15.2 Å². The van der Waals surface area contributed by atoms with Gasteiger partial charge >= 0.3 is 5.97 Å². The van der Waals surface area contributed by atoms with Gasteiger partial charge in [0.15, 0.2) is 0 Å². The number of ether oxygens (including phenoxy) is 2. The highest BCUT2D eigenvalue weighted by Gasteiger charge is 2.63. The second-order valence-electron chi connectivity index (χ2n) is 7.78. The van der Waals surface area contributed by atoms with Gasteiger partial charge < -0.3 is 15.2 Å². The Labute approximate surface area is 175 Å². The maximum Gasteiger partial charge on any atom is 0.313 e. The molecular weight excluding hydrogens is 378 g/mol. The number of esters is 1. The molecule has 0 aromatic heterocycles. The number of primary amides is 1. The van der Waals surface area contributed by atoms with Crippen molar-refractivity contribution in [1.82, 2.24) is 0 Å². The Balaban J connectivity index is 1.44. The third kappa shape index (κ3) is 3.88. The van der Waals surface area contributed by atoms with Gasteiger partial charge in [0.2, 0.25) is 5.91 Å². The van der Waals surface area contributed by atoms with Crippen LogP contribution in [-0.4, -0.2) is 18.5 Å². The summed E-state index contributed by atoms with van der Waals surface area (Å²) in [5.74, 6) is -0.499. The second kappa shape index (κ2) is 8.19. The quantitative estimate of drug-likeness (QED) is 0.576. The molecule has 1 amide bonds. The number of benzene rings is 3. The molecular formula is C25H25NO4. The summed E-state index contributed by atoms with van der Waals surface area (Å²) in [6, 6.07) is 22.0. The minimum Gasteiger partial charge on any atom is -0.489 e. The van der Waals surface area contributed by atoms with Gasteiger partial charge in [0, 0.05) is 0 Å². The van der Waals surface area contributed by atoms with Crippen LogP contribution in [-0.2, 0) is 27.4 Å². The third-order valence-corrected chi connectivity index (χ3v) is 5.82. The number of hydrogen-bond donors (Lipinski definition) is 1. The maximum atomic E-state index is 12.4. The molecule has 3 aromatic rings. The van der Waals surface area contributed by atoms with Crippen LogP contribution in [0.3, 0.4) is 0 Å². The summed E-state index contributed by atoms with van der Waals surface area (Å²) in [5, 5.41) is 2.37. The molecule has 1 saturated carbocycles. The molecule has 1 aliphatic rings. The highest BCUT2D eigenvalue weighted by molar-refractivity contribution is 5.93. The van der Waals surface area contributed by atoms with E-state index in [-0.39, 0.29) is 12.6 Å². The van der Waals surface area contributed by atoms with Crippen molar-refractivity contribution in [2.24, 2.45) is 17.1 Å². The topological polar surface area (TPSA) is 78.6 Å². The van der Waals surface area contributed by atoms with Gasteiger partial charge in [-0.1, -0.05) is 54.6 Å². The monoisotopic (exact) mass is 403 g/mol. The molecule has 4 rings (SSSR count). The lowest BCUT2D eigenvalue weighted by Crippen LogP contribution is -2.28. The lowest BCUT2D eigenvalue weighted by atomic mass is 9.93. The van der Waals surface area contributed by atoms with Gasteiger partial charge in [-0.2, -0.15) is 0 Å². The standard InChI is InChI=1S/C25H25NO4/c1-2-29-24(28)25(15-22(25)23(26)27)14-17-10-12-20(13-11-17)30-16-19-8-5-7-18-6-3-4-9-21(18)19/h3-13,22H,2,14-16H2,1H3,(H2,26,27)/t22-,25+/m1/s1. The minimum atomic E-state index is -0.826. The van der Waals surface area contributed by atoms with E-state index in [1.165, 1.54) is 10.8 Å². The first kappa shape index (κ1) is 20.0. The Morgan fingerprint density at radius 1 is 1.03 bits per heavy atom. The predicted octanol–water partition coefficient (Wildman–Crippen LogP) is 4.02. The van der Waals surface area contributed by atoms with Crippen LogP contribution in [0.2, 0.25) is 0 Å². The first-order valence-corrected chi connectivity index (χ1v) is 10.2. The molecule has 1 aliphatic carbocycles. The van der Waals surface area contributed by atoms with Gasteiger partial charge in [0.1, 0.15) is 12.4 Å². The summed E-state index contributed by atoms with van der Waals surface area (Å²) in [7, 11) is 0. The van der Waals surface area contributed by atoms with Gasteiger partial charge in [-0.15, -0.1) is 0 Å². The van der Waals surface area contributed by atoms with Crippen LogP contribution in [0.15, 0.2) is 66.7 Å². The fourth-order valence-electron chi connectivity index (χ4n) is 4.09. The van der Waals surface area contributed by atoms with Crippen LogP contribution in [0, 0.1) is 11.3 Å². The van der Waals surface area contributed by atoms with Gasteiger partial charge in [0.25, 0.3) is 0 Å². The van der Waals surface area contributed by atoms with E-state index in [0.29, 0.717) is 19.4 Å². The van der Waals surface area contributed by atoms with Gasteiger partial charge in [0.05, 0.1) is 17.9 Å². The minimum absolute atomic E-state index is 0.285. The lowest BCUT2D eigenvalue weighted by molar-refractivity contribution is -0.151. The first-order chi connectivity index (χ1) is 14.5. The highest BCUT2D eigenvalue weighted by atomic mass is 16.5. The maximum absolute atomic E-state index is 12.4. The Morgan fingerprint density at radius 2 is 1.77 bits per heavy atom. The number of rotatable bonds is 8. The molecule has 5 nitrogen and oxygen atoms in total. The molecule has 3 aromatic carbocycles. The second-order valence-corrected chi connectivity index (χ2v) is 7.78. The van der Waals surface area contributed by atoms with Crippen molar-refractivity contribution in [2.45, 2.75) is 26.4 Å². The Kier molecular flexibility index (Phi) is 5.44. The molecule has 0 spiro atoms. The van der Waals surface area contributed by atoms with E-state index >= 15 is 0 Å².